The molecule has 0 atom stereocenters. The Hall–Kier alpha value is -1.78. The molecule has 2 rings (SSSR count). The molecule has 2 aromatic heterocycles. The van der Waals surface area contributed by atoms with Crippen LogP contribution in [0.4, 0.5) is 5.95 Å². The fraction of sp³-hybridized carbons (Fsp3) is 0.455. The van der Waals surface area contributed by atoms with E-state index < -0.39 is 0 Å². The van der Waals surface area contributed by atoms with Crippen LogP contribution in [-0.4, -0.2) is 21.6 Å². The molecule has 0 unspecified atom stereocenters. The van der Waals surface area contributed by atoms with E-state index in [4.69, 9.17) is 0 Å². The van der Waals surface area contributed by atoms with Crippen LogP contribution in [0.25, 0.3) is 11.0 Å². The minimum absolute atomic E-state index is 0.0914. The number of H-pyrrole nitrogens is 1. The van der Waals surface area contributed by atoms with E-state index in [1.165, 1.54) is 0 Å². The number of nitrogens with one attached hydrogen (secondary N) is 2. The SMILES string of the molecule is CNc1nc2c(c(C)cn2C(C)C)c(=O)[nH]1. The molecule has 0 bridgehead atoms. The van der Waals surface area contributed by atoms with Gasteiger partial charge in [0.05, 0.1) is 5.39 Å². The highest BCUT2D eigenvalue weighted by molar-refractivity contribution is 5.80. The van der Waals surface area contributed by atoms with Crippen LogP contribution in [0.5, 0.6) is 0 Å². The van der Waals surface area contributed by atoms with Gasteiger partial charge in [0.1, 0.15) is 5.65 Å². The molecule has 0 aliphatic rings. The quantitative estimate of drug-likeness (QED) is 0.809. The fourth-order valence-electron chi connectivity index (χ4n) is 1.85. The van der Waals surface area contributed by atoms with Gasteiger partial charge in [0.25, 0.3) is 5.56 Å². The van der Waals surface area contributed by atoms with E-state index in [0.29, 0.717) is 11.3 Å². The molecule has 2 aromatic rings. The average Bonchev–Trinajstić information content (AvgIpc) is 2.56. The standard InChI is InChI=1S/C11H16N4O/c1-6(2)15-5-7(3)8-9(15)13-11(12-4)14-10(8)16/h5-6H,1-4H3,(H2,12,13,14,16). The van der Waals surface area contributed by atoms with Crippen LogP contribution in [0.1, 0.15) is 25.5 Å². The third-order valence-corrected chi connectivity index (χ3v) is 2.67. The summed E-state index contributed by atoms with van der Waals surface area (Å²) in [6, 6.07) is 0.287. The van der Waals surface area contributed by atoms with Crippen LogP contribution in [0.3, 0.4) is 0 Å². The molecule has 86 valence electrons. The maximum absolute atomic E-state index is 11.9. The van der Waals surface area contributed by atoms with E-state index in [1.807, 2.05) is 17.7 Å². The molecular formula is C11H16N4O. The van der Waals surface area contributed by atoms with Gasteiger partial charge < -0.3 is 9.88 Å². The van der Waals surface area contributed by atoms with Crippen molar-refractivity contribution in [2.24, 2.45) is 0 Å². The van der Waals surface area contributed by atoms with Gasteiger partial charge in [-0.1, -0.05) is 0 Å². The number of nitrogens with zero attached hydrogens (tertiary/aromatic N) is 2. The molecule has 2 N–H and O–H groups in total. The number of aromatic nitrogens is 3. The summed E-state index contributed by atoms with van der Waals surface area (Å²) in [5.74, 6) is 0.498. The van der Waals surface area contributed by atoms with Gasteiger partial charge in [-0.2, -0.15) is 4.98 Å². The van der Waals surface area contributed by atoms with Gasteiger partial charge in [0, 0.05) is 19.3 Å². The summed E-state index contributed by atoms with van der Waals surface area (Å²) in [6.45, 7) is 6.07. The van der Waals surface area contributed by atoms with Gasteiger partial charge in [-0.25, -0.2) is 0 Å². The number of rotatable bonds is 2. The van der Waals surface area contributed by atoms with Crippen molar-refractivity contribution in [2.45, 2.75) is 26.8 Å². The van der Waals surface area contributed by atoms with Gasteiger partial charge in [-0.05, 0) is 26.3 Å². The van der Waals surface area contributed by atoms with Crippen LogP contribution >= 0.6 is 0 Å². The van der Waals surface area contributed by atoms with Crippen molar-refractivity contribution in [3.8, 4) is 0 Å². The maximum atomic E-state index is 11.9. The maximum Gasteiger partial charge on any atom is 0.262 e. The summed E-state index contributed by atoms with van der Waals surface area (Å²) < 4.78 is 2.01. The number of anilines is 1. The zero-order valence-corrected chi connectivity index (χ0v) is 9.96. The Bertz CT molecular complexity index is 579. The second-order valence-corrected chi connectivity index (χ2v) is 4.18. The molecule has 0 saturated carbocycles. The lowest BCUT2D eigenvalue weighted by Crippen LogP contribution is -2.12. The van der Waals surface area contributed by atoms with Crippen molar-refractivity contribution in [1.82, 2.24) is 14.5 Å². The zero-order valence-electron chi connectivity index (χ0n) is 9.96. The predicted molar refractivity (Wildman–Crippen MR) is 65.0 cm³/mol. The van der Waals surface area contributed by atoms with Gasteiger partial charge >= 0.3 is 0 Å². The molecule has 5 nitrogen and oxygen atoms in total. The van der Waals surface area contributed by atoms with Crippen molar-refractivity contribution in [3.05, 3.63) is 22.1 Å². The molecule has 0 fully saturated rings. The normalized spacial score (nSPS) is 11.3. The van der Waals surface area contributed by atoms with E-state index in [0.717, 1.165) is 11.2 Å². The van der Waals surface area contributed by atoms with Crippen LogP contribution in [0.15, 0.2) is 11.0 Å². The summed E-state index contributed by atoms with van der Waals surface area (Å²) in [4.78, 5) is 19.0. The van der Waals surface area contributed by atoms with Crippen molar-refractivity contribution in [3.63, 3.8) is 0 Å². The Morgan fingerprint density at radius 1 is 1.50 bits per heavy atom. The molecule has 16 heavy (non-hydrogen) atoms. The smallest absolute Gasteiger partial charge is 0.262 e. The molecule has 0 spiro atoms. The second kappa shape index (κ2) is 3.66. The molecule has 2 heterocycles. The second-order valence-electron chi connectivity index (χ2n) is 4.18. The van der Waals surface area contributed by atoms with Crippen molar-refractivity contribution in [1.29, 1.82) is 0 Å². The molecule has 5 heteroatoms. The number of hydrogen-bond acceptors (Lipinski definition) is 3. The largest absolute Gasteiger partial charge is 0.359 e. The summed E-state index contributed by atoms with van der Waals surface area (Å²) in [6.07, 6.45) is 1.97. The first-order valence-electron chi connectivity index (χ1n) is 5.33. The van der Waals surface area contributed by atoms with E-state index in [1.54, 1.807) is 7.05 Å². The van der Waals surface area contributed by atoms with E-state index >= 15 is 0 Å². The van der Waals surface area contributed by atoms with Crippen LogP contribution in [0.2, 0.25) is 0 Å². The molecule has 0 aliphatic heterocycles. The third-order valence-electron chi connectivity index (χ3n) is 2.67. The first-order chi connectivity index (χ1) is 7.54. The van der Waals surface area contributed by atoms with Crippen LogP contribution in [0, 0.1) is 6.92 Å². The van der Waals surface area contributed by atoms with Crippen molar-refractivity contribution < 1.29 is 0 Å². The van der Waals surface area contributed by atoms with Gasteiger partial charge in [0.2, 0.25) is 5.95 Å². The molecule has 0 saturated heterocycles. The Kier molecular flexibility index (Phi) is 2.46. The summed E-state index contributed by atoms with van der Waals surface area (Å²) in [5.41, 5.74) is 1.60. The Morgan fingerprint density at radius 2 is 2.19 bits per heavy atom. The molecule has 0 aromatic carbocycles. The minimum Gasteiger partial charge on any atom is -0.359 e. The van der Waals surface area contributed by atoms with Crippen molar-refractivity contribution >= 4 is 17.0 Å². The highest BCUT2D eigenvalue weighted by atomic mass is 16.1. The highest BCUT2D eigenvalue weighted by Crippen LogP contribution is 2.19. The Labute approximate surface area is 93.5 Å². The Balaban J connectivity index is 2.87. The number of aryl methyl sites for hydroxylation is 1. The van der Waals surface area contributed by atoms with Crippen LogP contribution in [-0.2, 0) is 0 Å². The van der Waals surface area contributed by atoms with Crippen LogP contribution < -0.4 is 10.9 Å². The lowest BCUT2D eigenvalue weighted by atomic mass is 10.3. The molecular weight excluding hydrogens is 204 g/mol. The summed E-state index contributed by atoms with van der Waals surface area (Å²) >= 11 is 0. The average molecular weight is 220 g/mol. The van der Waals surface area contributed by atoms with E-state index in [2.05, 4.69) is 29.1 Å². The highest BCUT2D eigenvalue weighted by Gasteiger charge is 2.13. The number of fused-ring (bicyclic) bond motifs is 1. The third kappa shape index (κ3) is 1.48. The first-order valence-corrected chi connectivity index (χ1v) is 5.33. The first kappa shape index (κ1) is 10.7. The number of aromatic amines is 1. The Morgan fingerprint density at radius 3 is 2.75 bits per heavy atom. The lowest BCUT2D eigenvalue weighted by molar-refractivity contribution is 0.617. The minimum atomic E-state index is -0.0914. The van der Waals surface area contributed by atoms with E-state index in [-0.39, 0.29) is 11.6 Å². The fourth-order valence-corrected chi connectivity index (χ4v) is 1.85. The monoisotopic (exact) mass is 220 g/mol. The van der Waals surface area contributed by atoms with Crippen molar-refractivity contribution in [2.75, 3.05) is 12.4 Å². The summed E-state index contributed by atoms with van der Waals surface area (Å²) in [7, 11) is 1.74. The van der Waals surface area contributed by atoms with Gasteiger partial charge in [-0.15, -0.1) is 0 Å². The molecule has 0 radical (unpaired) electrons. The molecule has 0 aliphatic carbocycles. The van der Waals surface area contributed by atoms with Gasteiger partial charge in [-0.3, -0.25) is 9.78 Å². The summed E-state index contributed by atoms with van der Waals surface area (Å²) in [5, 5.41) is 3.53. The number of hydrogen-bond donors (Lipinski definition) is 2. The van der Waals surface area contributed by atoms with Gasteiger partial charge in [0.15, 0.2) is 0 Å². The lowest BCUT2D eigenvalue weighted by Gasteiger charge is -2.08. The van der Waals surface area contributed by atoms with E-state index in [9.17, 15) is 4.79 Å². The zero-order chi connectivity index (χ0) is 11.9. The predicted octanol–water partition coefficient (Wildman–Crippen LogP) is 1.66. The topological polar surface area (TPSA) is 62.7 Å². The molecule has 0 amide bonds.